The quantitative estimate of drug-likeness (QED) is 0.661. The van der Waals surface area contributed by atoms with E-state index in [2.05, 4.69) is 6.92 Å². The van der Waals surface area contributed by atoms with Gasteiger partial charge in [-0.05, 0) is 42.1 Å². The molecule has 3 rings (SSSR count). The zero-order valence-corrected chi connectivity index (χ0v) is 17.0. The third kappa shape index (κ3) is 4.69. The highest BCUT2D eigenvalue weighted by molar-refractivity contribution is 7.91. The van der Waals surface area contributed by atoms with Gasteiger partial charge in [-0.2, -0.15) is 4.31 Å². The van der Waals surface area contributed by atoms with E-state index in [9.17, 15) is 13.2 Å². The number of ether oxygens (including phenoxy) is 1. The van der Waals surface area contributed by atoms with Crippen LogP contribution in [0.2, 0.25) is 0 Å². The van der Waals surface area contributed by atoms with E-state index in [1.807, 2.05) is 0 Å². The van der Waals surface area contributed by atoms with Crippen LogP contribution >= 0.6 is 11.3 Å². The van der Waals surface area contributed by atoms with E-state index in [-0.39, 0.29) is 5.91 Å². The summed E-state index contributed by atoms with van der Waals surface area (Å²) in [5.41, 5.74) is 0.590. The fourth-order valence-corrected chi connectivity index (χ4v) is 5.45. The summed E-state index contributed by atoms with van der Waals surface area (Å²) in [5.74, 6) is 0.676. The summed E-state index contributed by atoms with van der Waals surface area (Å²) in [6.45, 7) is 4.17. The van der Waals surface area contributed by atoms with Crippen molar-refractivity contribution < 1.29 is 17.9 Å². The van der Waals surface area contributed by atoms with Gasteiger partial charge in [0.1, 0.15) is 9.96 Å². The third-order valence-electron chi connectivity index (χ3n) is 4.48. The molecule has 1 aliphatic rings. The molecule has 8 heteroatoms. The lowest BCUT2D eigenvalue weighted by atomic mass is 10.2. The summed E-state index contributed by atoms with van der Waals surface area (Å²) < 4.78 is 32.5. The van der Waals surface area contributed by atoms with E-state index in [0.717, 1.165) is 18.6 Å². The molecule has 146 valence electrons. The van der Waals surface area contributed by atoms with Crippen molar-refractivity contribution in [3.8, 4) is 5.75 Å². The average molecular weight is 409 g/mol. The summed E-state index contributed by atoms with van der Waals surface area (Å²) in [7, 11) is -3.45. The summed E-state index contributed by atoms with van der Waals surface area (Å²) >= 11 is 1.21. The number of benzene rings is 1. The lowest BCUT2D eigenvalue weighted by Crippen LogP contribution is -2.50. The van der Waals surface area contributed by atoms with Crippen molar-refractivity contribution in [1.29, 1.82) is 0 Å². The fourth-order valence-electron chi connectivity index (χ4n) is 2.88. The van der Waals surface area contributed by atoms with E-state index in [1.165, 1.54) is 15.6 Å². The summed E-state index contributed by atoms with van der Waals surface area (Å²) in [5, 5.41) is 1.75. The van der Waals surface area contributed by atoms with Gasteiger partial charge in [-0.3, -0.25) is 4.79 Å². The van der Waals surface area contributed by atoms with Crippen molar-refractivity contribution in [2.45, 2.75) is 24.0 Å². The number of hydrogen-bond donors (Lipinski definition) is 0. The molecule has 0 aliphatic carbocycles. The number of thiophene rings is 1. The largest absolute Gasteiger partial charge is 0.494 e. The maximum absolute atomic E-state index is 12.7. The molecule has 6 nitrogen and oxygen atoms in total. The first kappa shape index (κ1) is 19.9. The van der Waals surface area contributed by atoms with Crippen LogP contribution in [-0.4, -0.2) is 56.3 Å². The molecule has 1 saturated heterocycles. The number of carbonyl (C=O) groups is 1. The zero-order valence-electron chi connectivity index (χ0n) is 15.3. The van der Waals surface area contributed by atoms with E-state index < -0.39 is 10.0 Å². The first-order valence-electron chi connectivity index (χ1n) is 9.08. The number of nitrogens with zero attached hydrogens (tertiary/aromatic N) is 2. The number of rotatable bonds is 7. The highest BCUT2D eigenvalue weighted by Gasteiger charge is 2.30. The Morgan fingerprint density at radius 2 is 1.81 bits per heavy atom. The summed E-state index contributed by atoms with van der Waals surface area (Å²) in [6.07, 6.45) is 2.07. The molecule has 1 aromatic heterocycles. The van der Waals surface area contributed by atoms with Gasteiger partial charge in [0.15, 0.2) is 0 Å². The number of piperazine rings is 1. The molecular weight excluding hydrogens is 384 g/mol. The second-order valence-corrected chi connectivity index (χ2v) is 9.47. The smallest absolute Gasteiger partial charge is 0.253 e. The SMILES string of the molecule is CCCCOc1ccc(C(=O)N2CCN(S(=O)(=O)c3cccs3)CC2)cc1. The number of amides is 1. The Bertz CT molecular complexity index is 840. The summed E-state index contributed by atoms with van der Waals surface area (Å²) in [4.78, 5) is 14.4. The van der Waals surface area contributed by atoms with Crippen LogP contribution in [0.5, 0.6) is 5.75 Å². The minimum atomic E-state index is -3.45. The van der Waals surface area contributed by atoms with Crippen molar-refractivity contribution in [1.82, 2.24) is 9.21 Å². The second kappa shape index (κ2) is 8.86. The van der Waals surface area contributed by atoms with Crippen LogP contribution in [0, 0.1) is 0 Å². The lowest BCUT2D eigenvalue weighted by Gasteiger charge is -2.33. The van der Waals surface area contributed by atoms with Crippen LogP contribution in [0.3, 0.4) is 0 Å². The third-order valence-corrected chi connectivity index (χ3v) is 7.75. The molecule has 27 heavy (non-hydrogen) atoms. The van der Waals surface area contributed by atoms with Crippen LogP contribution in [0.4, 0.5) is 0 Å². The van der Waals surface area contributed by atoms with Crippen molar-refractivity contribution >= 4 is 27.3 Å². The van der Waals surface area contributed by atoms with Gasteiger partial charge in [0.25, 0.3) is 15.9 Å². The number of hydrogen-bond acceptors (Lipinski definition) is 5. The Balaban J connectivity index is 1.57. The van der Waals surface area contributed by atoms with Crippen LogP contribution in [0.1, 0.15) is 30.1 Å². The monoisotopic (exact) mass is 408 g/mol. The lowest BCUT2D eigenvalue weighted by molar-refractivity contribution is 0.0698. The molecule has 1 fully saturated rings. The van der Waals surface area contributed by atoms with E-state index in [1.54, 1.807) is 46.7 Å². The van der Waals surface area contributed by atoms with Crippen LogP contribution in [-0.2, 0) is 10.0 Å². The highest BCUT2D eigenvalue weighted by atomic mass is 32.2. The van der Waals surface area contributed by atoms with Gasteiger partial charge in [-0.1, -0.05) is 19.4 Å². The van der Waals surface area contributed by atoms with Crippen molar-refractivity contribution in [3.05, 3.63) is 47.3 Å². The minimum absolute atomic E-state index is 0.0803. The first-order chi connectivity index (χ1) is 13.0. The summed E-state index contributed by atoms with van der Waals surface area (Å²) in [6, 6.07) is 10.5. The molecular formula is C19H24N2O4S2. The van der Waals surface area contributed by atoms with Gasteiger partial charge in [0, 0.05) is 31.7 Å². The van der Waals surface area contributed by atoms with Gasteiger partial charge in [-0.25, -0.2) is 8.42 Å². The van der Waals surface area contributed by atoms with Crippen LogP contribution in [0.15, 0.2) is 46.0 Å². The van der Waals surface area contributed by atoms with Crippen LogP contribution < -0.4 is 4.74 Å². The van der Waals surface area contributed by atoms with E-state index in [4.69, 9.17) is 4.74 Å². The molecule has 0 spiro atoms. The molecule has 0 N–H and O–H groups in total. The fraction of sp³-hybridized carbons (Fsp3) is 0.421. The van der Waals surface area contributed by atoms with Crippen molar-refractivity contribution in [2.75, 3.05) is 32.8 Å². The maximum atomic E-state index is 12.7. The predicted molar refractivity (Wildman–Crippen MR) is 106 cm³/mol. The Hall–Kier alpha value is -1.90. The Labute approximate surface area is 164 Å². The molecule has 2 heterocycles. The highest BCUT2D eigenvalue weighted by Crippen LogP contribution is 2.22. The normalized spacial score (nSPS) is 15.7. The van der Waals surface area contributed by atoms with E-state index >= 15 is 0 Å². The van der Waals surface area contributed by atoms with Crippen LogP contribution in [0.25, 0.3) is 0 Å². The molecule has 1 aliphatic heterocycles. The van der Waals surface area contributed by atoms with Crippen molar-refractivity contribution in [3.63, 3.8) is 0 Å². The van der Waals surface area contributed by atoms with Gasteiger partial charge in [-0.15, -0.1) is 11.3 Å². The minimum Gasteiger partial charge on any atom is -0.494 e. The molecule has 1 aromatic carbocycles. The van der Waals surface area contributed by atoms with E-state index in [0.29, 0.717) is 42.6 Å². The molecule has 0 atom stereocenters. The van der Waals surface area contributed by atoms with Gasteiger partial charge in [0.2, 0.25) is 0 Å². The Kier molecular flexibility index (Phi) is 6.51. The average Bonchev–Trinajstić information content (AvgIpc) is 3.24. The van der Waals surface area contributed by atoms with Crippen molar-refractivity contribution in [2.24, 2.45) is 0 Å². The zero-order chi connectivity index (χ0) is 19.3. The van der Waals surface area contributed by atoms with Gasteiger partial charge in [0.05, 0.1) is 6.61 Å². The van der Waals surface area contributed by atoms with Gasteiger partial charge < -0.3 is 9.64 Å². The number of unbranched alkanes of at least 4 members (excludes halogenated alkanes) is 1. The number of sulfonamides is 1. The maximum Gasteiger partial charge on any atom is 0.253 e. The standard InChI is InChI=1S/C19H24N2O4S2/c1-2-3-14-25-17-8-6-16(7-9-17)19(22)20-10-12-21(13-11-20)27(23,24)18-5-4-15-26-18/h4-9,15H,2-3,10-14H2,1H3. The van der Waals surface area contributed by atoms with Gasteiger partial charge >= 0.3 is 0 Å². The molecule has 0 radical (unpaired) electrons. The molecule has 0 unspecified atom stereocenters. The predicted octanol–water partition coefficient (Wildman–Crippen LogP) is 3.07. The second-order valence-electron chi connectivity index (χ2n) is 6.35. The molecule has 0 bridgehead atoms. The first-order valence-corrected chi connectivity index (χ1v) is 11.4. The Morgan fingerprint density at radius 3 is 2.41 bits per heavy atom. The molecule has 1 amide bonds. The molecule has 0 saturated carbocycles. The Morgan fingerprint density at radius 1 is 1.11 bits per heavy atom. The topological polar surface area (TPSA) is 66.9 Å². The number of carbonyl (C=O) groups excluding carboxylic acids is 1. The molecule has 2 aromatic rings.